The standard InChI is InChI=1S/C7H10N2O3.C6H4F2/c1-5(12-4-10)2-6-3-7(11)9-8-6;7-5-2-1-3-6(8)4-5/h3-5H,2H2,1H3,(H2,8,9,11);1-4H. The number of aromatic nitrogens is 2. The number of rotatable bonds is 4. The van der Waals surface area contributed by atoms with Crippen LogP contribution >= 0.6 is 0 Å². The Morgan fingerprint density at radius 2 is 2.05 bits per heavy atom. The number of benzene rings is 1. The number of carbonyl (C=O) groups is 1. The first-order chi connectivity index (χ1) is 9.51. The number of ether oxygens (including phenoxy) is 1. The number of hydrogen-bond donors (Lipinski definition) is 2. The van der Waals surface area contributed by atoms with Gasteiger partial charge in [-0.15, -0.1) is 0 Å². The van der Waals surface area contributed by atoms with Crippen LogP contribution in [0.15, 0.2) is 30.3 Å². The Labute approximate surface area is 114 Å². The smallest absolute Gasteiger partial charge is 0.293 e. The van der Waals surface area contributed by atoms with E-state index in [1.54, 1.807) is 6.92 Å². The number of hydrogen-bond acceptors (Lipinski definition) is 4. The van der Waals surface area contributed by atoms with E-state index in [0.717, 1.165) is 6.07 Å². The molecule has 0 radical (unpaired) electrons. The second kappa shape index (κ2) is 7.88. The predicted molar refractivity (Wildman–Crippen MR) is 66.9 cm³/mol. The highest BCUT2D eigenvalue weighted by atomic mass is 19.1. The molecule has 20 heavy (non-hydrogen) atoms. The van der Waals surface area contributed by atoms with Gasteiger partial charge < -0.3 is 9.84 Å². The van der Waals surface area contributed by atoms with Crippen molar-refractivity contribution in [2.75, 3.05) is 0 Å². The van der Waals surface area contributed by atoms with Gasteiger partial charge in [-0.25, -0.2) is 13.9 Å². The van der Waals surface area contributed by atoms with Crippen LogP contribution in [0.1, 0.15) is 12.6 Å². The van der Waals surface area contributed by atoms with Crippen molar-refractivity contribution < 1.29 is 23.4 Å². The van der Waals surface area contributed by atoms with Gasteiger partial charge in [-0.2, -0.15) is 5.10 Å². The lowest BCUT2D eigenvalue weighted by atomic mass is 10.2. The van der Waals surface area contributed by atoms with Crippen LogP contribution < -0.4 is 0 Å². The second-order valence-corrected chi connectivity index (χ2v) is 3.93. The topological polar surface area (TPSA) is 75.2 Å². The van der Waals surface area contributed by atoms with E-state index in [4.69, 9.17) is 5.11 Å². The Bertz CT molecular complexity index is 529. The summed E-state index contributed by atoms with van der Waals surface area (Å²) in [6.45, 7) is 2.15. The van der Waals surface area contributed by atoms with Crippen molar-refractivity contribution in [2.24, 2.45) is 0 Å². The number of halogens is 2. The number of H-pyrrole nitrogens is 1. The quantitative estimate of drug-likeness (QED) is 0.844. The van der Waals surface area contributed by atoms with Crippen molar-refractivity contribution in [3.8, 4) is 5.88 Å². The maximum Gasteiger partial charge on any atom is 0.293 e. The van der Waals surface area contributed by atoms with Gasteiger partial charge in [0, 0.05) is 18.6 Å². The fourth-order valence-corrected chi connectivity index (χ4v) is 1.35. The van der Waals surface area contributed by atoms with Crippen molar-refractivity contribution in [3.63, 3.8) is 0 Å². The van der Waals surface area contributed by atoms with E-state index in [2.05, 4.69) is 14.9 Å². The molecule has 1 aromatic carbocycles. The Balaban J connectivity index is 0.000000217. The lowest BCUT2D eigenvalue weighted by Crippen LogP contribution is -2.10. The first-order valence-corrected chi connectivity index (χ1v) is 5.74. The Morgan fingerprint density at radius 1 is 1.40 bits per heavy atom. The molecule has 0 saturated carbocycles. The molecule has 108 valence electrons. The van der Waals surface area contributed by atoms with Crippen LogP contribution in [0.3, 0.4) is 0 Å². The fourth-order valence-electron chi connectivity index (χ4n) is 1.35. The molecule has 0 saturated heterocycles. The lowest BCUT2D eigenvalue weighted by Gasteiger charge is -2.05. The van der Waals surface area contributed by atoms with Crippen molar-refractivity contribution >= 4 is 6.47 Å². The third-order valence-electron chi connectivity index (χ3n) is 2.19. The molecule has 0 bridgehead atoms. The summed E-state index contributed by atoms with van der Waals surface area (Å²) in [5.74, 6) is -1.06. The summed E-state index contributed by atoms with van der Waals surface area (Å²) < 4.78 is 28.5. The van der Waals surface area contributed by atoms with Crippen LogP contribution in [0.4, 0.5) is 8.78 Å². The molecule has 0 amide bonds. The van der Waals surface area contributed by atoms with Crippen molar-refractivity contribution in [3.05, 3.63) is 47.7 Å². The molecule has 0 aliphatic rings. The molecular formula is C13H14F2N2O3. The number of carbonyl (C=O) groups excluding carboxylic acids is 1. The van der Waals surface area contributed by atoms with Gasteiger partial charge in [-0.3, -0.25) is 4.79 Å². The summed E-state index contributed by atoms with van der Waals surface area (Å²) in [5, 5.41) is 15.0. The molecule has 0 spiro atoms. The molecule has 7 heteroatoms. The first-order valence-electron chi connectivity index (χ1n) is 5.74. The van der Waals surface area contributed by atoms with E-state index < -0.39 is 11.6 Å². The molecule has 1 atom stereocenters. The van der Waals surface area contributed by atoms with Crippen LogP contribution in [0.25, 0.3) is 0 Å². The zero-order valence-electron chi connectivity index (χ0n) is 10.7. The largest absolute Gasteiger partial charge is 0.494 e. The van der Waals surface area contributed by atoms with Crippen LogP contribution in [0.2, 0.25) is 0 Å². The minimum atomic E-state index is -0.537. The maximum atomic E-state index is 11.9. The van der Waals surface area contributed by atoms with Gasteiger partial charge in [-0.05, 0) is 19.1 Å². The van der Waals surface area contributed by atoms with Crippen LogP contribution in [0, 0.1) is 11.6 Å². The molecule has 1 aromatic heterocycles. The van der Waals surface area contributed by atoms with Crippen molar-refractivity contribution in [2.45, 2.75) is 19.4 Å². The van der Waals surface area contributed by atoms with Crippen LogP contribution in [-0.2, 0) is 16.0 Å². The Kier molecular flexibility index (Phi) is 6.15. The van der Waals surface area contributed by atoms with Gasteiger partial charge >= 0.3 is 0 Å². The van der Waals surface area contributed by atoms with E-state index in [-0.39, 0.29) is 12.0 Å². The van der Waals surface area contributed by atoms with Gasteiger partial charge in [-0.1, -0.05) is 6.07 Å². The van der Waals surface area contributed by atoms with Gasteiger partial charge in [0.15, 0.2) is 0 Å². The normalized spacial score (nSPS) is 11.2. The highest BCUT2D eigenvalue weighted by Gasteiger charge is 2.06. The fraction of sp³-hybridized carbons (Fsp3) is 0.231. The van der Waals surface area contributed by atoms with Crippen LogP contribution in [-0.4, -0.2) is 27.9 Å². The molecule has 0 fully saturated rings. The third kappa shape index (κ3) is 5.94. The first kappa shape index (κ1) is 15.6. The van der Waals surface area contributed by atoms with Gasteiger partial charge in [0.2, 0.25) is 5.88 Å². The highest BCUT2D eigenvalue weighted by Crippen LogP contribution is 2.08. The minimum Gasteiger partial charge on any atom is -0.494 e. The minimum absolute atomic E-state index is 0.0169. The summed E-state index contributed by atoms with van der Waals surface area (Å²) in [7, 11) is 0. The summed E-state index contributed by atoms with van der Waals surface area (Å²) >= 11 is 0. The van der Waals surface area contributed by atoms with E-state index in [1.807, 2.05) is 0 Å². The molecule has 0 aliphatic carbocycles. The van der Waals surface area contributed by atoms with E-state index in [9.17, 15) is 13.6 Å². The average molecular weight is 284 g/mol. The molecule has 2 rings (SSSR count). The monoisotopic (exact) mass is 284 g/mol. The highest BCUT2D eigenvalue weighted by molar-refractivity contribution is 5.37. The van der Waals surface area contributed by atoms with Crippen molar-refractivity contribution in [1.82, 2.24) is 10.2 Å². The summed E-state index contributed by atoms with van der Waals surface area (Å²) in [5.41, 5.74) is 0.668. The maximum absolute atomic E-state index is 11.9. The Hall–Kier alpha value is -2.44. The van der Waals surface area contributed by atoms with E-state index in [1.165, 1.54) is 24.3 Å². The zero-order valence-corrected chi connectivity index (χ0v) is 10.7. The molecule has 2 N–H and O–H groups in total. The zero-order chi connectivity index (χ0) is 15.0. The SMILES string of the molecule is CC(Cc1cc(O)[nH]n1)OC=O.Fc1cccc(F)c1. The average Bonchev–Trinajstić information content (AvgIpc) is 2.75. The lowest BCUT2D eigenvalue weighted by molar-refractivity contribution is -0.132. The molecule has 1 unspecified atom stereocenters. The number of aromatic amines is 1. The third-order valence-corrected chi connectivity index (χ3v) is 2.19. The molecule has 1 heterocycles. The van der Waals surface area contributed by atoms with E-state index >= 15 is 0 Å². The summed E-state index contributed by atoms with van der Waals surface area (Å²) in [6.07, 6.45) is 0.278. The number of aromatic hydroxyl groups is 1. The summed E-state index contributed by atoms with van der Waals surface area (Å²) in [6, 6.07) is 6.04. The van der Waals surface area contributed by atoms with E-state index in [0.29, 0.717) is 18.6 Å². The Morgan fingerprint density at radius 3 is 2.45 bits per heavy atom. The molecule has 2 aromatic rings. The molecule has 5 nitrogen and oxygen atoms in total. The molecule has 0 aliphatic heterocycles. The predicted octanol–water partition coefficient (Wildman–Crippen LogP) is 2.18. The number of nitrogens with one attached hydrogen (secondary N) is 1. The summed E-state index contributed by atoms with van der Waals surface area (Å²) in [4.78, 5) is 9.91. The van der Waals surface area contributed by atoms with Gasteiger partial charge in [0.25, 0.3) is 6.47 Å². The number of nitrogens with zero attached hydrogens (tertiary/aromatic N) is 1. The molecular weight excluding hydrogens is 270 g/mol. The second-order valence-electron chi connectivity index (χ2n) is 3.93. The van der Waals surface area contributed by atoms with Crippen molar-refractivity contribution in [1.29, 1.82) is 0 Å². The van der Waals surface area contributed by atoms with Crippen LogP contribution in [0.5, 0.6) is 5.88 Å². The van der Waals surface area contributed by atoms with Gasteiger partial charge in [0.05, 0.1) is 5.69 Å². The van der Waals surface area contributed by atoms with Gasteiger partial charge in [0.1, 0.15) is 17.7 Å².